The molecule has 3 saturated heterocycles. The Morgan fingerprint density at radius 2 is 1.90 bits per heavy atom. The molecule has 0 aromatic heterocycles. The van der Waals surface area contributed by atoms with Crippen LogP contribution in [-0.2, 0) is 27.4 Å². The summed E-state index contributed by atoms with van der Waals surface area (Å²) in [6.07, 6.45) is 0.656. The van der Waals surface area contributed by atoms with Gasteiger partial charge in [0.1, 0.15) is 6.04 Å². The average Bonchev–Trinajstić information content (AvgIpc) is 3.32. The molecule has 4 aliphatic heterocycles. The van der Waals surface area contributed by atoms with Gasteiger partial charge in [-0.1, -0.05) is 12.1 Å². The lowest BCUT2D eigenvalue weighted by molar-refractivity contribution is -0.136. The number of hydrogen-bond acceptors (Lipinski definition) is 7. The third-order valence-electron chi connectivity index (χ3n) is 6.96. The third kappa shape index (κ3) is 3.98. The third-order valence-corrected chi connectivity index (χ3v) is 6.96. The lowest BCUT2D eigenvalue weighted by Gasteiger charge is -2.38. The van der Waals surface area contributed by atoms with Crippen LogP contribution in [0.4, 0.5) is 0 Å². The quantitative estimate of drug-likeness (QED) is 0.611. The molecule has 4 heterocycles. The van der Waals surface area contributed by atoms with Crippen molar-refractivity contribution >= 4 is 17.7 Å². The van der Waals surface area contributed by atoms with E-state index in [2.05, 4.69) is 21.2 Å². The van der Waals surface area contributed by atoms with Crippen LogP contribution in [0.1, 0.15) is 34.3 Å². The highest BCUT2D eigenvalue weighted by Crippen LogP contribution is 2.28. The molecule has 0 aliphatic carbocycles. The van der Waals surface area contributed by atoms with Crippen LogP contribution in [0.3, 0.4) is 0 Å². The molecule has 4 aliphatic rings. The van der Waals surface area contributed by atoms with Gasteiger partial charge in [0.15, 0.2) is 0 Å². The zero-order valence-electron chi connectivity index (χ0n) is 17.6. The van der Waals surface area contributed by atoms with Crippen LogP contribution in [0.25, 0.3) is 0 Å². The molecule has 9 heteroatoms. The minimum absolute atomic E-state index is 0.105. The summed E-state index contributed by atoms with van der Waals surface area (Å²) >= 11 is 0. The summed E-state index contributed by atoms with van der Waals surface area (Å²) in [5.41, 5.74) is 8.95. The van der Waals surface area contributed by atoms with Crippen LogP contribution in [0.2, 0.25) is 0 Å². The van der Waals surface area contributed by atoms with E-state index in [0.717, 1.165) is 44.9 Å². The van der Waals surface area contributed by atoms with Crippen molar-refractivity contribution in [2.75, 3.05) is 39.4 Å². The SMILES string of the molecule is N[C@@H]1COC[C@H]1N1CCN(Cc2ccc3c(c2)CN(C2CCC(=O)NC2=O)C3=O)CC1. The first-order valence-corrected chi connectivity index (χ1v) is 11.1. The van der Waals surface area contributed by atoms with Crippen LogP contribution < -0.4 is 11.1 Å². The number of ether oxygens (including phenoxy) is 1. The summed E-state index contributed by atoms with van der Waals surface area (Å²) < 4.78 is 5.51. The number of piperidine rings is 1. The number of nitrogens with two attached hydrogens (primary N) is 1. The summed E-state index contributed by atoms with van der Waals surface area (Å²) in [6, 6.07) is 5.84. The van der Waals surface area contributed by atoms with Gasteiger partial charge in [-0.25, -0.2) is 0 Å². The molecule has 1 aromatic carbocycles. The predicted molar refractivity (Wildman–Crippen MR) is 112 cm³/mol. The average molecular weight is 428 g/mol. The van der Waals surface area contributed by atoms with Crippen LogP contribution in [0.5, 0.6) is 0 Å². The fraction of sp³-hybridized carbons (Fsp3) is 0.591. The van der Waals surface area contributed by atoms with Crippen LogP contribution >= 0.6 is 0 Å². The summed E-state index contributed by atoms with van der Waals surface area (Å²) in [7, 11) is 0. The number of nitrogens with zero attached hydrogens (tertiary/aromatic N) is 3. The van der Waals surface area contributed by atoms with E-state index >= 15 is 0 Å². The molecule has 3 atom stereocenters. The summed E-state index contributed by atoms with van der Waals surface area (Å²) in [6.45, 7) is 6.53. The van der Waals surface area contributed by atoms with Crippen LogP contribution in [0, 0.1) is 0 Å². The van der Waals surface area contributed by atoms with Gasteiger partial charge in [-0.2, -0.15) is 0 Å². The number of carbonyl (C=O) groups is 3. The first kappa shape index (κ1) is 20.6. The van der Waals surface area contributed by atoms with Crippen molar-refractivity contribution in [2.45, 2.75) is 44.1 Å². The van der Waals surface area contributed by atoms with Crippen molar-refractivity contribution in [1.29, 1.82) is 0 Å². The Kier molecular flexibility index (Phi) is 5.51. The molecule has 1 unspecified atom stereocenters. The monoisotopic (exact) mass is 427 g/mol. The van der Waals surface area contributed by atoms with E-state index in [1.165, 1.54) is 5.56 Å². The maximum absolute atomic E-state index is 12.8. The van der Waals surface area contributed by atoms with E-state index in [1.807, 2.05) is 12.1 Å². The second-order valence-electron chi connectivity index (χ2n) is 8.97. The minimum Gasteiger partial charge on any atom is -0.378 e. The van der Waals surface area contributed by atoms with Crippen molar-refractivity contribution in [3.05, 3.63) is 34.9 Å². The smallest absolute Gasteiger partial charge is 0.255 e. The van der Waals surface area contributed by atoms with E-state index < -0.39 is 6.04 Å². The van der Waals surface area contributed by atoms with Gasteiger partial charge < -0.3 is 15.4 Å². The van der Waals surface area contributed by atoms with Crippen molar-refractivity contribution in [1.82, 2.24) is 20.0 Å². The van der Waals surface area contributed by atoms with Gasteiger partial charge in [0.25, 0.3) is 5.91 Å². The topological polar surface area (TPSA) is 108 Å². The first-order valence-electron chi connectivity index (χ1n) is 11.1. The number of carbonyl (C=O) groups excluding carboxylic acids is 3. The number of nitrogens with one attached hydrogen (secondary N) is 1. The fourth-order valence-corrected chi connectivity index (χ4v) is 5.17. The zero-order valence-corrected chi connectivity index (χ0v) is 17.6. The normalized spacial score (nSPS) is 30.0. The number of imide groups is 1. The lowest BCUT2D eigenvalue weighted by Crippen LogP contribution is -2.55. The Balaban J connectivity index is 1.20. The van der Waals surface area contributed by atoms with Crippen molar-refractivity contribution in [2.24, 2.45) is 5.73 Å². The molecule has 1 aromatic rings. The Morgan fingerprint density at radius 1 is 1.10 bits per heavy atom. The first-order chi connectivity index (χ1) is 15.0. The van der Waals surface area contributed by atoms with Crippen molar-refractivity contribution < 1.29 is 19.1 Å². The molecule has 9 nitrogen and oxygen atoms in total. The molecular formula is C22H29N5O4. The molecule has 3 fully saturated rings. The molecule has 3 N–H and O–H groups in total. The number of hydrogen-bond donors (Lipinski definition) is 2. The van der Waals surface area contributed by atoms with Gasteiger partial charge in [0.2, 0.25) is 11.8 Å². The molecule has 0 bridgehead atoms. The largest absolute Gasteiger partial charge is 0.378 e. The van der Waals surface area contributed by atoms with E-state index in [1.54, 1.807) is 4.90 Å². The van der Waals surface area contributed by atoms with Crippen molar-refractivity contribution in [3.8, 4) is 0 Å². The summed E-state index contributed by atoms with van der Waals surface area (Å²) in [5, 5.41) is 2.35. The van der Waals surface area contributed by atoms with Gasteiger partial charge in [-0.3, -0.25) is 29.5 Å². The van der Waals surface area contributed by atoms with Gasteiger partial charge in [-0.05, 0) is 23.6 Å². The van der Waals surface area contributed by atoms with Crippen LogP contribution in [-0.4, -0.2) is 89.9 Å². The molecule has 0 spiro atoms. The Morgan fingerprint density at radius 3 is 2.61 bits per heavy atom. The van der Waals surface area contributed by atoms with Crippen molar-refractivity contribution in [3.63, 3.8) is 0 Å². The number of fused-ring (bicyclic) bond motifs is 1. The molecule has 5 rings (SSSR count). The van der Waals surface area contributed by atoms with Crippen LogP contribution in [0.15, 0.2) is 18.2 Å². The van der Waals surface area contributed by atoms with E-state index in [4.69, 9.17) is 10.5 Å². The van der Waals surface area contributed by atoms with E-state index in [0.29, 0.717) is 31.2 Å². The van der Waals surface area contributed by atoms with Gasteiger partial charge in [-0.15, -0.1) is 0 Å². The molecule has 0 saturated carbocycles. The van der Waals surface area contributed by atoms with E-state index in [-0.39, 0.29) is 30.2 Å². The number of benzene rings is 1. The summed E-state index contributed by atoms with van der Waals surface area (Å²) in [4.78, 5) is 42.9. The highest BCUT2D eigenvalue weighted by atomic mass is 16.5. The number of amides is 3. The highest BCUT2D eigenvalue weighted by Gasteiger charge is 2.39. The maximum atomic E-state index is 12.8. The standard InChI is InChI=1S/C22H29N5O4/c23-17-12-31-13-19(17)26-7-5-25(6-8-26)10-14-1-2-16-15(9-14)11-27(22(16)30)18-3-4-20(28)24-21(18)29/h1-2,9,17-19H,3-8,10-13,23H2,(H,24,28,29)/t17-,18?,19-/m1/s1. The molecule has 3 amide bonds. The molecule has 166 valence electrons. The number of piperazine rings is 1. The van der Waals surface area contributed by atoms with Gasteiger partial charge in [0.05, 0.1) is 19.3 Å². The molecule has 0 radical (unpaired) electrons. The highest BCUT2D eigenvalue weighted by molar-refractivity contribution is 6.05. The fourth-order valence-electron chi connectivity index (χ4n) is 5.17. The second kappa shape index (κ2) is 8.31. The predicted octanol–water partition coefficient (Wildman–Crippen LogP) is -0.709. The number of rotatable bonds is 4. The maximum Gasteiger partial charge on any atom is 0.255 e. The van der Waals surface area contributed by atoms with Gasteiger partial charge in [0, 0.05) is 57.3 Å². The Labute approximate surface area is 181 Å². The lowest BCUT2D eigenvalue weighted by atomic mass is 10.0. The van der Waals surface area contributed by atoms with E-state index in [9.17, 15) is 14.4 Å². The second-order valence-corrected chi connectivity index (χ2v) is 8.97. The Bertz CT molecular complexity index is 898. The Hall–Kier alpha value is -2.33. The van der Waals surface area contributed by atoms with Gasteiger partial charge >= 0.3 is 0 Å². The molecule has 31 heavy (non-hydrogen) atoms. The summed E-state index contributed by atoms with van der Waals surface area (Å²) in [5.74, 6) is -0.766. The molecular weight excluding hydrogens is 398 g/mol. The zero-order chi connectivity index (χ0) is 21.5. The minimum atomic E-state index is -0.569.